The second-order valence-electron chi connectivity index (χ2n) is 12.4. The predicted molar refractivity (Wildman–Crippen MR) is 177 cm³/mol. The van der Waals surface area contributed by atoms with Gasteiger partial charge in [-0.3, -0.25) is 0 Å². The second-order valence-corrected chi connectivity index (χ2v) is 29.1. The van der Waals surface area contributed by atoms with E-state index in [0.717, 1.165) is 37.8 Å². The van der Waals surface area contributed by atoms with Gasteiger partial charge in [-0.05, 0) is 71.0 Å². The minimum atomic E-state index is -2.23. The second kappa shape index (κ2) is 23.9. The van der Waals surface area contributed by atoms with Gasteiger partial charge in [0, 0.05) is 76.7 Å². The van der Waals surface area contributed by atoms with Crippen molar-refractivity contribution < 1.29 is 41.1 Å². The number of ether oxygens (including phenoxy) is 4. The first-order valence-corrected chi connectivity index (χ1v) is 25.9. The lowest BCUT2D eigenvalue weighted by Gasteiger charge is -2.38. The van der Waals surface area contributed by atoms with E-state index in [4.69, 9.17) is 36.3 Å². The molecule has 0 N–H and O–H groups in total. The highest BCUT2D eigenvalue weighted by atomic mass is 28.4. The molecule has 0 unspecified atom stereocenters. The van der Waals surface area contributed by atoms with Crippen LogP contribution in [0.25, 0.3) is 0 Å². The summed E-state index contributed by atoms with van der Waals surface area (Å²) in [7, 11) is 4.80. The van der Waals surface area contributed by atoms with Crippen molar-refractivity contribution in [3.05, 3.63) is 0 Å². The fraction of sp³-hybridized carbons (Fsp3) is 1.00. The SMILES string of the molecule is CCOC.COCCOCCC[Si](C)(C)OC(C)(C)C[Si](C)(C)C.COC[Si](CC[Si](C)(OC)OC)(OC)OC. The normalized spacial score (nSPS) is 12.9. The summed E-state index contributed by atoms with van der Waals surface area (Å²) < 4.78 is 48.6. The first-order chi connectivity index (χ1) is 18.4. The Morgan fingerprint density at radius 2 is 1.12 bits per heavy atom. The van der Waals surface area contributed by atoms with Gasteiger partial charge in [-0.2, -0.15) is 0 Å². The van der Waals surface area contributed by atoms with E-state index >= 15 is 0 Å². The van der Waals surface area contributed by atoms with Crippen LogP contribution >= 0.6 is 0 Å². The topological polar surface area (TPSA) is 83.1 Å². The molecule has 0 rings (SSSR count). The van der Waals surface area contributed by atoms with Crippen molar-refractivity contribution in [1.82, 2.24) is 0 Å². The van der Waals surface area contributed by atoms with E-state index in [9.17, 15) is 0 Å². The summed E-state index contributed by atoms with van der Waals surface area (Å²) in [5.41, 5.74) is 0.0249. The molecule has 0 radical (unpaired) electrons. The highest BCUT2D eigenvalue weighted by Crippen LogP contribution is 2.29. The van der Waals surface area contributed by atoms with Gasteiger partial charge >= 0.3 is 17.1 Å². The highest BCUT2D eigenvalue weighted by molar-refractivity contribution is 6.76. The fourth-order valence-corrected chi connectivity index (χ4v) is 15.1. The third kappa shape index (κ3) is 26.2. The van der Waals surface area contributed by atoms with Crippen molar-refractivity contribution >= 4 is 33.5 Å². The molecule has 0 aliphatic carbocycles. The van der Waals surface area contributed by atoms with Crippen molar-refractivity contribution in [2.24, 2.45) is 0 Å². The monoisotopic (exact) mass is 648 g/mol. The molecule has 0 heterocycles. The molecule has 0 aliphatic heterocycles. The molecule has 0 fully saturated rings. The van der Waals surface area contributed by atoms with Crippen molar-refractivity contribution in [3.8, 4) is 0 Å². The van der Waals surface area contributed by atoms with Crippen LogP contribution in [0.1, 0.15) is 27.2 Å². The summed E-state index contributed by atoms with van der Waals surface area (Å²) in [6.07, 6.45) is 1.61. The fourth-order valence-electron chi connectivity index (χ4n) is 4.36. The summed E-state index contributed by atoms with van der Waals surface area (Å²) in [5.74, 6) is 0. The summed E-state index contributed by atoms with van der Waals surface area (Å²) in [6, 6.07) is 4.05. The molecule has 0 bridgehead atoms. The Morgan fingerprint density at radius 1 is 0.600 bits per heavy atom. The Bertz CT molecular complexity index is 567. The minimum absolute atomic E-state index is 0.0249. The standard InChI is InChI=1S/C15H36O3Si2.C9H24O5Si2.C3H8O/c1-15(2,14-19(4,5)6)18-20(7,8)13-9-10-17-12-11-16-3;1-10-9-16(13-4,14-5)8-7-15(6,11-2)12-3;1-3-4-2/h9-14H2,1-8H3;7-9H2,1-6H3;3H2,1-2H3. The minimum Gasteiger partial charge on any atom is -0.413 e. The van der Waals surface area contributed by atoms with E-state index in [-0.39, 0.29) is 5.60 Å². The molecular weight excluding hydrogens is 581 g/mol. The van der Waals surface area contributed by atoms with Gasteiger partial charge in [0.15, 0.2) is 8.32 Å². The largest absolute Gasteiger partial charge is 0.413 e. The molecule has 0 saturated heterocycles. The third-order valence-corrected chi connectivity index (χ3v) is 17.4. The van der Waals surface area contributed by atoms with Crippen molar-refractivity contribution in [3.63, 3.8) is 0 Å². The molecule has 9 nitrogen and oxygen atoms in total. The maximum Gasteiger partial charge on any atom is 0.364 e. The smallest absolute Gasteiger partial charge is 0.364 e. The highest BCUT2D eigenvalue weighted by Gasteiger charge is 2.40. The van der Waals surface area contributed by atoms with E-state index in [1.54, 1.807) is 49.8 Å². The predicted octanol–water partition coefficient (Wildman–Crippen LogP) is 6.30. The lowest BCUT2D eigenvalue weighted by molar-refractivity contribution is 0.0694. The summed E-state index contributed by atoms with van der Waals surface area (Å²) >= 11 is 0. The van der Waals surface area contributed by atoms with Crippen LogP contribution in [-0.4, -0.2) is 122 Å². The van der Waals surface area contributed by atoms with Gasteiger partial charge in [0.2, 0.25) is 0 Å². The van der Waals surface area contributed by atoms with Crippen LogP contribution in [0.4, 0.5) is 0 Å². The molecule has 0 saturated carbocycles. The van der Waals surface area contributed by atoms with E-state index in [2.05, 4.69) is 51.3 Å². The average Bonchev–Trinajstić information content (AvgIpc) is 2.86. The Balaban J connectivity index is -0.000000614. The molecule has 13 heteroatoms. The molecule has 246 valence electrons. The first kappa shape index (κ1) is 44.9. The van der Waals surface area contributed by atoms with Crippen molar-refractivity contribution in [2.75, 3.05) is 82.4 Å². The molecule has 0 aromatic heterocycles. The Hall–Kier alpha value is 0.508. The summed E-state index contributed by atoms with van der Waals surface area (Å²) in [4.78, 5) is 0. The van der Waals surface area contributed by atoms with Gasteiger partial charge in [-0.25, -0.2) is 0 Å². The molecule has 0 spiro atoms. The van der Waals surface area contributed by atoms with Gasteiger partial charge in [0.05, 0.1) is 19.4 Å². The molecule has 40 heavy (non-hydrogen) atoms. The van der Waals surface area contributed by atoms with E-state index in [1.807, 2.05) is 13.5 Å². The summed E-state index contributed by atoms with van der Waals surface area (Å²) in [6.45, 7) is 23.4. The van der Waals surface area contributed by atoms with Crippen LogP contribution in [0.3, 0.4) is 0 Å². The number of methoxy groups -OCH3 is 3. The van der Waals surface area contributed by atoms with Gasteiger partial charge < -0.3 is 41.1 Å². The van der Waals surface area contributed by atoms with Gasteiger partial charge in [-0.15, -0.1) is 0 Å². The molecule has 0 atom stereocenters. The van der Waals surface area contributed by atoms with Crippen molar-refractivity contribution in [2.45, 2.75) is 96.3 Å². The van der Waals surface area contributed by atoms with Crippen LogP contribution in [0.15, 0.2) is 0 Å². The summed E-state index contributed by atoms with van der Waals surface area (Å²) in [5, 5.41) is 0. The zero-order valence-electron chi connectivity index (χ0n) is 29.2. The van der Waals surface area contributed by atoms with Crippen LogP contribution in [-0.2, 0) is 41.1 Å². The number of rotatable bonds is 21. The Kier molecular flexibility index (Phi) is 26.9. The maximum absolute atomic E-state index is 6.52. The van der Waals surface area contributed by atoms with Crippen molar-refractivity contribution in [1.29, 1.82) is 0 Å². The molecular formula is C27H68O9Si4. The lowest BCUT2D eigenvalue weighted by Crippen LogP contribution is -2.48. The molecule has 0 aromatic carbocycles. The quantitative estimate of drug-likeness (QED) is 0.105. The molecule has 0 aliphatic rings. The number of hydrogen-bond acceptors (Lipinski definition) is 9. The average molecular weight is 649 g/mol. The zero-order valence-corrected chi connectivity index (χ0v) is 33.2. The lowest BCUT2D eigenvalue weighted by atomic mass is 10.2. The Labute approximate surface area is 252 Å². The zero-order chi connectivity index (χ0) is 31.9. The third-order valence-electron chi connectivity index (χ3n) is 6.23. The van der Waals surface area contributed by atoms with Crippen LogP contribution in [0, 0.1) is 0 Å². The maximum atomic E-state index is 6.52. The van der Waals surface area contributed by atoms with Gasteiger partial charge in [0.1, 0.15) is 0 Å². The van der Waals surface area contributed by atoms with E-state index < -0.39 is 33.5 Å². The van der Waals surface area contributed by atoms with E-state index in [0.29, 0.717) is 19.4 Å². The van der Waals surface area contributed by atoms with Gasteiger partial charge in [-0.1, -0.05) is 19.6 Å². The van der Waals surface area contributed by atoms with Crippen LogP contribution in [0.5, 0.6) is 0 Å². The Morgan fingerprint density at radius 3 is 1.50 bits per heavy atom. The molecule has 0 aromatic rings. The van der Waals surface area contributed by atoms with Crippen LogP contribution < -0.4 is 0 Å². The van der Waals surface area contributed by atoms with E-state index in [1.165, 1.54) is 6.04 Å². The number of hydrogen-bond donors (Lipinski definition) is 0. The van der Waals surface area contributed by atoms with Gasteiger partial charge in [0.25, 0.3) is 0 Å². The first-order valence-electron chi connectivity index (χ1n) is 14.4. The van der Waals surface area contributed by atoms with Crippen LogP contribution in [0.2, 0.25) is 63.5 Å². The molecule has 0 amide bonds.